The fourth-order valence-electron chi connectivity index (χ4n) is 4.59. The average Bonchev–Trinajstić information content (AvgIpc) is 2.85. The van der Waals surface area contributed by atoms with Crippen LogP contribution in [0.3, 0.4) is 0 Å². The molecule has 0 atom stereocenters. The van der Waals surface area contributed by atoms with E-state index >= 15 is 0 Å². The molecular formula is C25H32N4O3. The van der Waals surface area contributed by atoms with E-state index < -0.39 is 0 Å². The van der Waals surface area contributed by atoms with Crippen LogP contribution in [0.5, 0.6) is 0 Å². The van der Waals surface area contributed by atoms with E-state index in [1.165, 1.54) is 5.69 Å². The van der Waals surface area contributed by atoms with Crippen LogP contribution < -0.4 is 10.2 Å². The molecule has 4 rings (SSSR count). The second kappa shape index (κ2) is 10.6. The number of hydrogen-bond acceptors (Lipinski definition) is 6. The van der Waals surface area contributed by atoms with Crippen molar-refractivity contribution in [1.29, 1.82) is 0 Å². The second-order valence-electron chi connectivity index (χ2n) is 8.72. The van der Waals surface area contributed by atoms with Crippen molar-refractivity contribution in [2.45, 2.75) is 44.8 Å². The number of amides is 1. The third kappa shape index (κ3) is 5.65. The van der Waals surface area contributed by atoms with Crippen molar-refractivity contribution in [2.24, 2.45) is 5.18 Å². The maximum Gasteiger partial charge on any atom is 0.248 e. The fourth-order valence-corrected chi connectivity index (χ4v) is 4.59. The van der Waals surface area contributed by atoms with Crippen molar-refractivity contribution in [1.82, 2.24) is 4.90 Å². The predicted molar refractivity (Wildman–Crippen MR) is 127 cm³/mol. The maximum absolute atomic E-state index is 12.6. The molecular weight excluding hydrogens is 404 g/mol. The maximum atomic E-state index is 12.6. The zero-order chi connectivity index (χ0) is 22.3. The van der Waals surface area contributed by atoms with Gasteiger partial charge in [0.05, 0.1) is 6.10 Å². The molecule has 1 aliphatic carbocycles. The Bertz CT molecular complexity index is 905. The molecule has 0 spiro atoms. The van der Waals surface area contributed by atoms with Gasteiger partial charge < -0.3 is 19.9 Å². The summed E-state index contributed by atoms with van der Waals surface area (Å²) in [6.45, 7) is 5.35. The van der Waals surface area contributed by atoms with Crippen LogP contribution in [0.1, 0.15) is 31.2 Å². The first kappa shape index (κ1) is 22.3. The zero-order valence-electron chi connectivity index (χ0n) is 18.7. The number of hydrogen-bond donors (Lipinski definition) is 1. The summed E-state index contributed by atoms with van der Waals surface area (Å²) in [6, 6.07) is 16.2. The molecule has 32 heavy (non-hydrogen) atoms. The summed E-state index contributed by atoms with van der Waals surface area (Å²) in [4.78, 5) is 27.5. The Morgan fingerprint density at radius 2 is 1.75 bits per heavy atom. The van der Waals surface area contributed by atoms with Gasteiger partial charge in [-0.15, -0.1) is 4.91 Å². The number of benzene rings is 2. The first-order valence-corrected chi connectivity index (χ1v) is 11.5. The van der Waals surface area contributed by atoms with Gasteiger partial charge in [-0.1, -0.05) is 18.2 Å². The molecule has 1 aliphatic heterocycles. The van der Waals surface area contributed by atoms with Crippen LogP contribution in [0.25, 0.3) is 0 Å². The van der Waals surface area contributed by atoms with Crippen molar-refractivity contribution in [3.05, 3.63) is 59.0 Å². The van der Waals surface area contributed by atoms with Gasteiger partial charge in [0.15, 0.2) is 0 Å². The van der Waals surface area contributed by atoms with Crippen molar-refractivity contribution in [2.75, 3.05) is 43.0 Å². The topological polar surface area (TPSA) is 74.2 Å². The number of anilines is 2. The highest BCUT2D eigenvalue weighted by Crippen LogP contribution is 2.27. The van der Waals surface area contributed by atoms with Gasteiger partial charge in [-0.25, -0.2) is 0 Å². The predicted octanol–water partition coefficient (Wildman–Crippen LogP) is 4.48. The lowest BCUT2D eigenvalue weighted by atomic mass is 9.92. The molecule has 2 fully saturated rings. The molecule has 1 saturated heterocycles. The molecule has 7 heteroatoms. The van der Waals surface area contributed by atoms with E-state index in [9.17, 15) is 9.70 Å². The molecule has 0 radical (unpaired) electrons. The molecule has 7 nitrogen and oxygen atoms in total. The highest BCUT2D eigenvalue weighted by molar-refractivity contribution is 5.77. The van der Waals surface area contributed by atoms with Gasteiger partial charge in [0.1, 0.15) is 12.3 Å². The molecule has 1 heterocycles. The van der Waals surface area contributed by atoms with Crippen molar-refractivity contribution >= 4 is 23.0 Å². The smallest absolute Gasteiger partial charge is 0.248 e. The molecule has 1 N–H and O–H groups in total. The number of para-hydroxylation sites is 1. The Kier molecular flexibility index (Phi) is 7.37. The molecule has 2 aliphatic rings. The number of nitrogens with one attached hydrogen (secondary N) is 1. The quantitative estimate of drug-likeness (QED) is 0.648. The van der Waals surface area contributed by atoms with E-state index in [0.717, 1.165) is 63.1 Å². The van der Waals surface area contributed by atoms with Crippen LogP contribution in [0.4, 0.5) is 17.1 Å². The third-order valence-electron chi connectivity index (χ3n) is 6.55. The van der Waals surface area contributed by atoms with Gasteiger partial charge in [0.25, 0.3) is 0 Å². The number of piperazine rings is 1. The summed E-state index contributed by atoms with van der Waals surface area (Å²) in [5, 5.41) is 6.56. The second-order valence-corrected chi connectivity index (χ2v) is 8.72. The van der Waals surface area contributed by atoms with Gasteiger partial charge in [0, 0.05) is 43.6 Å². The van der Waals surface area contributed by atoms with Crippen molar-refractivity contribution in [3.8, 4) is 0 Å². The Morgan fingerprint density at radius 1 is 1.03 bits per heavy atom. The van der Waals surface area contributed by atoms with Gasteiger partial charge >= 0.3 is 0 Å². The largest absolute Gasteiger partial charge is 0.382 e. The SMILES string of the molecule is Cc1cc(N=O)ccc1NC1CCC(OCC(=O)N2CCN(c3ccccc3)CC2)CC1. The number of carbonyl (C=O) groups is 1. The molecule has 0 unspecified atom stereocenters. The number of carbonyl (C=O) groups excluding carboxylic acids is 1. The molecule has 2 aromatic rings. The van der Waals surface area contributed by atoms with E-state index in [2.05, 4.69) is 27.5 Å². The molecule has 170 valence electrons. The average molecular weight is 437 g/mol. The van der Waals surface area contributed by atoms with Gasteiger partial charge in [0.2, 0.25) is 5.91 Å². The first-order valence-electron chi connectivity index (χ1n) is 11.5. The normalized spacial score (nSPS) is 21.3. The zero-order valence-corrected chi connectivity index (χ0v) is 18.7. The monoisotopic (exact) mass is 436 g/mol. The summed E-state index contributed by atoms with van der Waals surface area (Å²) in [7, 11) is 0. The van der Waals surface area contributed by atoms with E-state index in [-0.39, 0.29) is 18.6 Å². The highest BCUT2D eigenvalue weighted by Gasteiger charge is 2.25. The first-order chi connectivity index (χ1) is 15.6. The lowest BCUT2D eigenvalue weighted by Gasteiger charge is -2.36. The number of nitrogens with zero attached hydrogens (tertiary/aromatic N) is 3. The van der Waals surface area contributed by atoms with Crippen LogP contribution >= 0.6 is 0 Å². The molecule has 1 amide bonds. The highest BCUT2D eigenvalue weighted by atomic mass is 16.5. The minimum absolute atomic E-state index is 0.0949. The lowest BCUT2D eigenvalue weighted by Crippen LogP contribution is -2.50. The summed E-state index contributed by atoms with van der Waals surface area (Å²) in [5.41, 5.74) is 3.74. The summed E-state index contributed by atoms with van der Waals surface area (Å²) >= 11 is 0. The van der Waals surface area contributed by atoms with E-state index in [4.69, 9.17) is 4.74 Å². The molecule has 0 aromatic heterocycles. The molecule has 2 aromatic carbocycles. The van der Waals surface area contributed by atoms with Gasteiger partial charge in [-0.2, -0.15) is 0 Å². The van der Waals surface area contributed by atoms with Crippen molar-refractivity contribution in [3.63, 3.8) is 0 Å². The minimum atomic E-state index is 0.0949. The number of aryl methyl sites for hydroxylation is 1. The molecule has 0 bridgehead atoms. The number of ether oxygens (including phenoxy) is 1. The van der Waals surface area contributed by atoms with Crippen LogP contribution in [0, 0.1) is 11.8 Å². The Balaban J connectivity index is 1.16. The fraction of sp³-hybridized carbons (Fsp3) is 0.480. The number of rotatable bonds is 7. The van der Waals surface area contributed by atoms with Crippen LogP contribution in [0.15, 0.2) is 53.7 Å². The van der Waals surface area contributed by atoms with Crippen LogP contribution in [-0.2, 0) is 9.53 Å². The summed E-state index contributed by atoms with van der Waals surface area (Å²) in [6.07, 6.45) is 4.04. The van der Waals surface area contributed by atoms with Crippen LogP contribution in [0.2, 0.25) is 0 Å². The van der Waals surface area contributed by atoms with Gasteiger partial charge in [-0.05, 0) is 73.7 Å². The Labute approximate surface area is 189 Å². The summed E-state index contributed by atoms with van der Waals surface area (Å²) < 4.78 is 5.98. The Hall–Kier alpha value is -2.93. The van der Waals surface area contributed by atoms with Crippen molar-refractivity contribution < 1.29 is 9.53 Å². The van der Waals surface area contributed by atoms with Gasteiger partial charge in [-0.3, -0.25) is 4.79 Å². The Morgan fingerprint density at radius 3 is 2.41 bits per heavy atom. The lowest BCUT2D eigenvalue weighted by molar-refractivity contribution is -0.139. The summed E-state index contributed by atoms with van der Waals surface area (Å²) in [5.74, 6) is 0.0949. The standard InChI is InChI=1S/C25H32N4O3/c1-19-17-21(27-31)9-12-24(19)26-20-7-10-23(11-8-20)32-18-25(30)29-15-13-28(14-16-29)22-5-3-2-4-6-22/h2-6,9,12,17,20,23,26H,7-8,10-11,13-16,18H2,1H3. The van der Waals surface area contributed by atoms with E-state index in [1.807, 2.05) is 36.1 Å². The van der Waals surface area contributed by atoms with E-state index in [1.54, 1.807) is 12.1 Å². The molecule has 1 saturated carbocycles. The third-order valence-corrected chi connectivity index (χ3v) is 6.55. The van der Waals surface area contributed by atoms with Crippen LogP contribution in [-0.4, -0.2) is 55.7 Å². The van der Waals surface area contributed by atoms with E-state index in [0.29, 0.717) is 11.7 Å². The minimum Gasteiger partial charge on any atom is -0.382 e. The number of nitroso groups, excluding NO2 is 1.